The van der Waals surface area contributed by atoms with E-state index in [-0.39, 0.29) is 6.61 Å². The first kappa shape index (κ1) is 16.1. The molecule has 0 aliphatic carbocycles. The third kappa shape index (κ3) is 4.36. The van der Waals surface area contributed by atoms with Crippen molar-refractivity contribution in [3.63, 3.8) is 0 Å². The number of alkyl halides is 3. The minimum Gasteiger partial charge on any atom is -0.372 e. The molecule has 7 heteroatoms. The number of hydrogen-bond acceptors (Lipinski definition) is 2. The minimum absolute atomic E-state index is 0.0533. The quantitative estimate of drug-likeness (QED) is 0.824. The Hall–Kier alpha value is -1.24. The third-order valence-electron chi connectivity index (χ3n) is 3.10. The summed E-state index contributed by atoms with van der Waals surface area (Å²) < 4.78 is 42.4. The predicted octanol–water partition coefficient (Wildman–Crippen LogP) is 3.72. The highest BCUT2D eigenvalue weighted by atomic mass is 35.5. The predicted molar refractivity (Wildman–Crippen MR) is 76.3 cm³/mol. The molecule has 2 aromatic rings. The summed E-state index contributed by atoms with van der Waals surface area (Å²) in [5.41, 5.74) is 7.61. The van der Waals surface area contributed by atoms with Gasteiger partial charge in [-0.2, -0.15) is 13.2 Å². The lowest BCUT2D eigenvalue weighted by Crippen LogP contribution is -2.17. The summed E-state index contributed by atoms with van der Waals surface area (Å²) in [4.78, 5) is 0. The van der Waals surface area contributed by atoms with Crippen molar-refractivity contribution in [3.8, 4) is 0 Å². The van der Waals surface area contributed by atoms with Crippen LogP contribution in [0.4, 0.5) is 13.2 Å². The van der Waals surface area contributed by atoms with Gasteiger partial charge in [-0.25, -0.2) is 0 Å². The molecule has 1 heterocycles. The van der Waals surface area contributed by atoms with Crippen molar-refractivity contribution in [2.75, 3.05) is 13.2 Å². The van der Waals surface area contributed by atoms with Crippen LogP contribution in [0.5, 0.6) is 0 Å². The monoisotopic (exact) mass is 320 g/mol. The summed E-state index contributed by atoms with van der Waals surface area (Å²) in [6, 6.07) is 5.52. The summed E-state index contributed by atoms with van der Waals surface area (Å²) in [6.07, 6.45) is -1.89. The lowest BCUT2D eigenvalue weighted by molar-refractivity contribution is -0.174. The van der Waals surface area contributed by atoms with E-state index in [1.807, 2.05) is 22.9 Å². The van der Waals surface area contributed by atoms with E-state index in [4.69, 9.17) is 17.3 Å². The van der Waals surface area contributed by atoms with Gasteiger partial charge in [0.25, 0.3) is 0 Å². The normalized spacial score (nSPS) is 12.2. The fraction of sp³-hybridized carbons (Fsp3) is 0.429. The zero-order valence-electron chi connectivity index (χ0n) is 11.3. The highest BCUT2D eigenvalue weighted by Gasteiger charge is 2.27. The van der Waals surface area contributed by atoms with Crippen molar-refractivity contribution in [3.05, 3.63) is 35.0 Å². The number of nitrogens with two attached hydrogens (primary N) is 1. The van der Waals surface area contributed by atoms with Gasteiger partial charge in [0.15, 0.2) is 0 Å². The van der Waals surface area contributed by atoms with Crippen molar-refractivity contribution >= 4 is 22.5 Å². The molecular formula is C14H16ClF3N2O. The first-order valence-electron chi connectivity index (χ1n) is 6.52. The Morgan fingerprint density at radius 2 is 2.05 bits per heavy atom. The summed E-state index contributed by atoms with van der Waals surface area (Å²) >= 11 is 5.98. The molecule has 0 saturated carbocycles. The van der Waals surface area contributed by atoms with Gasteiger partial charge < -0.3 is 15.0 Å². The zero-order chi connectivity index (χ0) is 15.5. The largest absolute Gasteiger partial charge is 0.411 e. The standard InChI is InChI=1S/C14H16ClF3N2O/c15-11-2-3-12-10(7-19)8-20(13(12)6-11)4-1-5-21-9-14(16,17)18/h2-3,6,8H,1,4-5,7,9,19H2. The maximum atomic E-state index is 11.9. The van der Waals surface area contributed by atoms with E-state index in [2.05, 4.69) is 4.74 Å². The Morgan fingerprint density at radius 1 is 1.29 bits per heavy atom. The number of rotatable bonds is 6. The fourth-order valence-corrected chi connectivity index (χ4v) is 2.38. The number of hydrogen-bond donors (Lipinski definition) is 1. The summed E-state index contributed by atoms with van der Waals surface area (Å²) in [6.45, 7) is -0.207. The smallest absolute Gasteiger partial charge is 0.372 e. The average Bonchev–Trinajstić information content (AvgIpc) is 2.74. The first-order chi connectivity index (χ1) is 9.90. The van der Waals surface area contributed by atoms with Crippen LogP contribution in [0.1, 0.15) is 12.0 Å². The second-order valence-corrected chi connectivity index (χ2v) is 5.17. The molecule has 0 fully saturated rings. The van der Waals surface area contributed by atoms with Gasteiger partial charge in [0, 0.05) is 41.8 Å². The SMILES string of the molecule is NCc1cn(CCCOCC(F)(F)F)c2cc(Cl)ccc12. The number of aromatic nitrogens is 1. The van der Waals surface area contributed by atoms with Gasteiger partial charge in [-0.05, 0) is 24.1 Å². The Labute approximate surface area is 125 Å². The van der Waals surface area contributed by atoms with Crippen LogP contribution in [-0.2, 0) is 17.8 Å². The van der Waals surface area contributed by atoms with E-state index in [1.165, 1.54) is 0 Å². The van der Waals surface area contributed by atoms with Gasteiger partial charge in [0.05, 0.1) is 0 Å². The molecule has 0 aliphatic heterocycles. The Kier molecular flexibility index (Phi) is 5.13. The molecule has 0 spiro atoms. The number of benzene rings is 1. The lowest BCUT2D eigenvalue weighted by Gasteiger charge is -2.08. The van der Waals surface area contributed by atoms with E-state index in [0.29, 0.717) is 24.5 Å². The van der Waals surface area contributed by atoms with Gasteiger partial charge in [-0.1, -0.05) is 17.7 Å². The molecule has 0 bridgehead atoms. The van der Waals surface area contributed by atoms with Crippen LogP contribution < -0.4 is 5.73 Å². The second-order valence-electron chi connectivity index (χ2n) is 4.73. The van der Waals surface area contributed by atoms with E-state index in [9.17, 15) is 13.2 Å². The maximum absolute atomic E-state index is 11.9. The second kappa shape index (κ2) is 6.68. The van der Waals surface area contributed by atoms with Crippen molar-refractivity contribution in [2.24, 2.45) is 5.73 Å². The minimum atomic E-state index is -4.28. The highest BCUT2D eigenvalue weighted by molar-refractivity contribution is 6.31. The molecule has 0 saturated heterocycles. The number of ether oxygens (including phenoxy) is 1. The average molecular weight is 321 g/mol. The van der Waals surface area contributed by atoms with Crippen LogP contribution in [0.15, 0.2) is 24.4 Å². The molecule has 0 atom stereocenters. The lowest BCUT2D eigenvalue weighted by atomic mass is 10.2. The van der Waals surface area contributed by atoms with Gasteiger partial charge >= 0.3 is 6.18 Å². The van der Waals surface area contributed by atoms with Crippen molar-refractivity contribution in [1.82, 2.24) is 4.57 Å². The Morgan fingerprint density at radius 3 is 2.71 bits per heavy atom. The van der Waals surface area contributed by atoms with Crippen LogP contribution in [0.2, 0.25) is 5.02 Å². The molecule has 0 unspecified atom stereocenters. The fourth-order valence-electron chi connectivity index (χ4n) is 2.21. The Bertz CT molecular complexity index is 610. The van der Waals surface area contributed by atoms with E-state index in [1.54, 1.807) is 6.07 Å². The van der Waals surface area contributed by atoms with Gasteiger partial charge in [-0.15, -0.1) is 0 Å². The van der Waals surface area contributed by atoms with E-state index in [0.717, 1.165) is 16.5 Å². The van der Waals surface area contributed by atoms with Crippen molar-refractivity contribution in [1.29, 1.82) is 0 Å². The molecule has 2 rings (SSSR count). The first-order valence-corrected chi connectivity index (χ1v) is 6.90. The molecule has 1 aromatic carbocycles. The van der Waals surface area contributed by atoms with Gasteiger partial charge in [-0.3, -0.25) is 0 Å². The van der Waals surface area contributed by atoms with E-state index >= 15 is 0 Å². The van der Waals surface area contributed by atoms with Gasteiger partial charge in [0.2, 0.25) is 0 Å². The molecular weight excluding hydrogens is 305 g/mol. The molecule has 3 nitrogen and oxygen atoms in total. The molecule has 0 aliphatic rings. The zero-order valence-corrected chi connectivity index (χ0v) is 12.0. The third-order valence-corrected chi connectivity index (χ3v) is 3.34. The summed E-state index contributed by atoms with van der Waals surface area (Å²) in [7, 11) is 0. The van der Waals surface area contributed by atoms with Gasteiger partial charge in [0.1, 0.15) is 6.61 Å². The highest BCUT2D eigenvalue weighted by Crippen LogP contribution is 2.25. The molecule has 0 radical (unpaired) electrons. The van der Waals surface area contributed by atoms with Crippen LogP contribution in [0.3, 0.4) is 0 Å². The van der Waals surface area contributed by atoms with E-state index < -0.39 is 12.8 Å². The molecule has 21 heavy (non-hydrogen) atoms. The summed E-state index contributed by atoms with van der Waals surface area (Å²) in [5, 5.41) is 1.62. The number of nitrogens with zero attached hydrogens (tertiary/aromatic N) is 1. The molecule has 0 amide bonds. The van der Waals surface area contributed by atoms with Crippen LogP contribution in [-0.4, -0.2) is 24.0 Å². The summed E-state index contributed by atoms with van der Waals surface area (Å²) in [5.74, 6) is 0. The molecule has 2 N–H and O–H groups in total. The molecule has 1 aromatic heterocycles. The number of halogens is 4. The number of aryl methyl sites for hydroxylation is 1. The number of fused-ring (bicyclic) bond motifs is 1. The van der Waals surface area contributed by atoms with Crippen molar-refractivity contribution < 1.29 is 17.9 Å². The van der Waals surface area contributed by atoms with Crippen LogP contribution in [0.25, 0.3) is 10.9 Å². The van der Waals surface area contributed by atoms with Crippen LogP contribution >= 0.6 is 11.6 Å². The topological polar surface area (TPSA) is 40.2 Å². The Balaban J connectivity index is 2.00. The van der Waals surface area contributed by atoms with Crippen LogP contribution in [0, 0.1) is 0 Å². The van der Waals surface area contributed by atoms with Crippen molar-refractivity contribution in [2.45, 2.75) is 25.7 Å². The molecule has 116 valence electrons. The maximum Gasteiger partial charge on any atom is 0.411 e.